The van der Waals surface area contributed by atoms with Gasteiger partial charge in [-0.15, -0.1) is 0 Å². The summed E-state index contributed by atoms with van der Waals surface area (Å²) in [6.07, 6.45) is 7.22. The van der Waals surface area contributed by atoms with E-state index in [1.165, 1.54) is 44.3 Å². The van der Waals surface area contributed by atoms with Gasteiger partial charge in [-0.1, -0.05) is 108 Å². The molecule has 2 atom stereocenters. The van der Waals surface area contributed by atoms with E-state index in [2.05, 4.69) is 0 Å². The van der Waals surface area contributed by atoms with Crippen LogP contribution in [-0.4, -0.2) is 34.7 Å². The molecule has 46 heavy (non-hydrogen) atoms. The third kappa shape index (κ3) is 21.8. The van der Waals surface area contributed by atoms with Crippen LogP contribution in [0, 0.1) is 46.8 Å². The Bertz CT molecular complexity index is 958. The summed E-state index contributed by atoms with van der Waals surface area (Å²) in [7, 11) is 0. The average Bonchev–Trinajstić information content (AvgIpc) is 2.88. The minimum atomic E-state index is -0.897. The Labute approximate surface area is 295 Å². The lowest BCUT2D eigenvalue weighted by atomic mass is 9.69. The molecule has 0 N–H and O–H groups in total. The summed E-state index contributed by atoms with van der Waals surface area (Å²) < 4.78 is 0. The van der Waals surface area contributed by atoms with Crippen molar-refractivity contribution in [1.82, 2.24) is 0 Å². The lowest BCUT2D eigenvalue weighted by Gasteiger charge is -2.31. The summed E-state index contributed by atoms with van der Waals surface area (Å²) in [4.78, 5) is 66.8. The van der Waals surface area contributed by atoms with Crippen molar-refractivity contribution in [1.29, 1.82) is 0 Å². The lowest BCUT2D eigenvalue weighted by Crippen LogP contribution is -2.41. The molecule has 0 fully saturated rings. The SMILES string of the molecule is CC(=O)C(C(C)=O)C(C)C.CC(=O)C(C/C=C/Cl)(C(C)=O)C(C)C.CC(=O)C(C/C=C/Cl)C(C)C.CC(=O)[C@@H](C/C=C/Cl)C(C)C. The van der Waals surface area contributed by atoms with Gasteiger partial charge in [0.05, 0.1) is 11.3 Å². The van der Waals surface area contributed by atoms with Gasteiger partial charge < -0.3 is 0 Å². The first-order valence-corrected chi connectivity index (χ1v) is 17.1. The van der Waals surface area contributed by atoms with Crippen LogP contribution in [0.15, 0.2) is 34.8 Å². The van der Waals surface area contributed by atoms with Gasteiger partial charge in [0.25, 0.3) is 0 Å². The number of halogens is 3. The Morgan fingerprint density at radius 2 is 0.804 bits per heavy atom. The van der Waals surface area contributed by atoms with E-state index >= 15 is 0 Å². The summed E-state index contributed by atoms with van der Waals surface area (Å²) >= 11 is 16.1. The molecule has 6 nitrogen and oxygen atoms in total. The normalized spacial score (nSPS) is 12.9. The molecule has 266 valence electrons. The van der Waals surface area contributed by atoms with E-state index in [0.717, 1.165) is 12.8 Å². The first kappa shape index (κ1) is 51.0. The van der Waals surface area contributed by atoms with E-state index < -0.39 is 5.41 Å². The Hall–Kier alpha value is -1.89. The van der Waals surface area contributed by atoms with Crippen molar-refractivity contribution in [3.05, 3.63) is 34.8 Å². The van der Waals surface area contributed by atoms with Crippen LogP contribution in [-0.2, 0) is 28.8 Å². The molecule has 0 aliphatic rings. The zero-order valence-electron chi connectivity index (χ0n) is 30.7. The van der Waals surface area contributed by atoms with Crippen LogP contribution >= 0.6 is 34.8 Å². The second-order valence-electron chi connectivity index (χ2n) is 12.9. The predicted molar refractivity (Wildman–Crippen MR) is 195 cm³/mol. The fraction of sp³-hybridized carbons (Fsp3) is 0.676. The van der Waals surface area contributed by atoms with Gasteiger partial charge in [-0.3, -0.25) is 28.8 Å². The van der Waals surface area contributed by atoms with Gasteiger partial charge in [0.1, 0.15) is 34.7 Å². The Morgan fingerprint density at radius 1 is 0.500 bits per heavy atom. The van der Waals surface area contributed by atoms with Gasteiger partial charge >= 0.3 is 0 Å². The molecule has 9 heteroatoms. The molecule has 0 heterocycles. The predicted octanol–water partition coefficient (Wildman–Crippen LogP) is 10.4. The Kier molecular flexibility index (Phi) is 31.2. The zero-order chi connectivity index (χ0) is 37.4. The van der Waals surface area contributed by atoms with E-state index in [-0.39, 0.29) is 64.3 Å². The number of hydrogen-bond acceptors (Lipinski definition) is 6. The summed E-state index contributed by atoms with van der Waals surface area (Å²) in [5.41, 5.74) is 3.39. The molecule has 0 aromatic carbocycles. The maximum Gasteiger partial charge on any atom is 0.143 e. The second-order valence-corrected chi connectivity index (χ2v) is 13.6. The van der Waals surface area contributed by atoms with Gasteiger partial charge in [-0.25, -0.2) is 0 Å². The molecule has 0 amide bonds. The summed E-state index contributed by atoms with van der Waals surface area (Å²) in [5, 5.41) is 0. The van der Waals surface area contributed by atoms with Crippen molar-refractivity contribution in [2.75, 3.05) is 0 Å². The standard InChI is InChI=1S/C11H17ClO2.2C9H15ClO.C8H14O2/c1-8(2)11(9(3)13,10(4)14)6-5-7-12;2*1-7(2)9(8(3)11)5-4-6-10;1-5(2)8(6(3)9)7(4)10/h5,7-8H,6H2,1-4H3;2*4,6-7,9H,5H2,1-3H3;5,8H,1-4H3/b7-5+;2*6-4+;/t;9-;;/m.0../s1. The van der Waals surface area contributed by atoms with Crippen molar-refractivity contribution in [3.8, 4) is 0 Å². The molecule has 1 unspecified atom stereocenters. The highest BCUT2D eigenvalue weighted by atomic mass is 35.5. The molecule has 0 aliphatic carbocycles. The van der Waals surface area contributed by atoms with Gasteiger partial charge in [-0.2, -0.15) is 0 Å². The van der Waals surface area contributed by atoms with Crippen LogP contribution in [0.4, 0.5) is 0 Å². The van der Waals surface area contributed by atoms with Crippen molar-refractivity contribution in [2.24, 2.45) is 46.8 Å². The van der Waals surface area contributed by atoms with E-state index in [1.807, 2.05) is 67.5 Å². The molecule has 0 bridgehead atoms. The van der Waals surface area contributed by atoms with Crippen molar-refractivity contribution in [3.63, 3.8) is 0 Å². The molecule has 0 aliphatic heterocycles. The van der Waals surface area contributed by atoms with E-state index in [4.69, 9.17) is 34.8 Å². The van der Waals surface area contributed by atoms with E-state index in [1.54, 1.807) is 19.9 Å². The smallest absolute Gasteiger partial charge is 0.143 e. The van der Waals surface area contributed by atoms with Crippen molar-refractivity contribution < 1.29 is 28.8 Å². The number of carbonyl (C=O) groups is 6. The molecular weight excluding hydrogens is 647 g/mol. The maximum atomic E-state index is 11.6. The topological polar surface area (TPSA) is 102 Å². The van der Waals surface area contributed by atoms with Crippen molar-refractivity contribution >= 4 is 69.5 Å². The minimum absolute atomic E-state index is 0.00892. The molecule has 0 rings (SSSR count). The van der Waals surface area contributed by atoms with Gasteiger partial charge in [0.15, 0.2) is 0 Å². The highest BCUT2D eigenvalue weighted by molar-refractivity contribution is 6.25. The number of hydrogen-bond donors (Lipinski definition) is 0. The highest BCUT2D eigenvalue weighted by Gasteiger charge is 2.42. The number of allylic oxidation sites excluding steroid dienone is 3. The van der Waals surface area contributed by atoms with Crippen LogP contribution in [0.5, 0.6) is 0 Å². The summed E-state index contributed by atoms with van der Waals surface area (Å²) in [6.45, 7) is 24.8. The van der Waals surface area contributed by atoms with E-state index in [9.17, 15) is 28.8 Å². The fourth-order valence-corrected chi connectivity index (χ4v) is 5.55. The van der Waals surface area contributed by atoms with Gasteiger partial charge in [0.2, 0.25) is 0 Å². The zero-order valence-corrected chi connectivity index (χ0v) is 33.0. The molecule has 0 spiro atoms. The first-order chi connectivity index (χ1) is 21.0. The largest absolute Gasteiger partial charge is 0.300 e. The van der Waals surface area contributed by atoms with Gasteiger partial charge in [-0.05, 0) is 84.5 Å². The first-order valence-electron chi connectivity index (χ1n) is 15.8. The number of ketones is 6. The Morgan fingerprint density at radius 3 is 0.935 bits per heavy atom. The fourth-order valence-electron chi connectivity index (χ4n) is 5.25. The van der Waals surface area contributed by atoms with Crippen LogP contribution < -0.4 is 0 Å². The van der Waals surface area contributed by atoms with E-state index in [0.29, 0.717) is 18.3 Å². The average molecular weight is 708 g/mol. The van der Waals surface area contributed by atoms with Crippen molar-refractivity contribution in [2.45, 2.75) is 116 Å². The third-order valence-electron chi connectivity index (χ3n) is 7.93. The van der Waals surface area contributed by atoms with Crippen LogP contribution in [0.25, 0.3) is 0 Å². The molecule has 0 radical (unpaired) electrons. The quantitative estimate of drug-likeness (QED) is 0.148. The number of Topliss-reactive ketones (excluding diaryl/α,β-unsaturated/α-hetero) is 6. The molecular formula is C37H61Cl3O6. The Balaban J connectivity index is -0.000000258. The molecule has 0 aromatic heterocycles. The second kappa shape index (κ2) is 28.2. The molecule has 0 saturated carbocycles. The van der Waals surface area contributed by atoms with Crippen LogP contribution in [0.2, 0.25) is 0 Å². The van der Waals surface area contributed by atoms with Gasteiger partial charge in [0, 0.05) is 28.4 Å². The maximum absolute atomic E-state index is 11.6. The minimum Gasteiger partial charge on any atom is -0.300 e. The number of rotatable bonds is 16. The monoisotopic (exact) mass is 706 g/mol. The van der Waals surface area contributed by atoms with Crippen LogP contribution in [0.1, 0.15) is 116 Å². The lowest BCUT2D eigenvalue weighted by molar-refractivity contribution is -0.141. The number of carbonyl (C=O) groups excluding carboxylic acids is 6. The molecule has 0 aromatic rings. The molecule has 0 saturated heterocycles. The van der Waals surface area contributed by atoms with Crippen LogP contribution in [0.3, 0.4) is 0 Å². The third-order valence-corrected chi connectivity index (χ3v) is 8.46. The summed E-state index contributed by atoms with van der Waals surface area (Å²) in [6, 6.07) is 0. The summed E-state index contributed by atoms with van der Waals surface area (Å²) in [5.74, 6) is 1.06. The highest BCUT2D eigenvalue weighted by Crippen LogP contribution is 2.34.